The predicted molar refractivity (Wildman–Crippen MR) is 104 cm³/mol. The summed E-state index contributed by atoms with van der Waals surface area (Å²) in [6, 6.07) is 18.2. The standard InChI is InChI=1S/C20H15N3O2S/c1-2-18-19(15-8-4-3-5-9-15)22-20(26-18)16(13-21)11-14-7-6-10-17(12-14)23(24)25/h3-12H,2H2,1H3/b16-11+. The van der Waals surface area contributed by atoms with Crippen molar-refractivity contribution in [3.8, 4) is 17.3 Å². The first kappa shape index (κ1) is 17.5. The molecular weight excluding hydrogens is 346 g/mol. The van der Waals surface area contributed by atoms with Gasteiger partial charge in [0.05, 0.1) is 16.2 Å². The predicted octanol–water partition coefficient (Wildman–Crippen LogP) is 5.34. The number of nitro groups is 1. The second-order valence-corrected chi connectivity index (χ2v) is 6.62. The molecule has 5 nitrogen and oxygen atoms in total. The van der Waals surface area contributed by atoms with Crippen molar-refractivity contribution in [2.75, 3.05) is 0 Å². The number of thiazole rings is 1. The quantitative estimate of drug-likeness (QED) is 0.349. The molecule has 0 saturated carbocycles. The van der Waals surface area contributed by atoms with Crippen LogP contribution in [0.3, 0.4) is 0 Å². The van der Waals surface area contributed by atoms with E-state index in [1.165, 1.54) is 23.5 Å². The average Bonchev–Trinajstić information content (AvgIpc) is 3.11. The van der Waals surface area contributed by atoms with Crippen molar-refractivity contribution in [3.63, 3.8) is 0 Å². The van der Waals surface area contributed by atoms with Crippen LogP contribution in [0.25, 0.3) is 22.9 Å². The Morgan fingerprint density at radius 3 is 2.69 bits per heavy atom. The van der Waals surface area contributed by atoms with Crippen LogP contribution in [0, 0.1) is 21.4 Å². The van der Waals surface area contributed by atoms with Crippen LogP contribution in [0.4, 0.5) is 5.69 Å². The van der Waals surface area contributed by atoms with E-state index in [1.807, 2.05) is 30.3 Å². The zero-order valence-electron chi connectivity index (χ0n) is 14.0. The van der Waals surface area contributed by atoms with Gasteiger partial charge in [-0.3, -0.25) is 10.1 Å². The Morgan fingerprint density at radius 2 is 2.04 bits per heavy atom. The van der Waals surface area contributed by atoms with Crippen LogP contribution in [0.5, 0.6) is 0 Å². The van der Waals surface area contributed by atoms with E-state index in [0.717, 1.165) is 22.6 Å². The highest BCUT2D eigenvalue weighted by Gasteiger charge is 2.15. The first-order valence-corrected chi connectivity index (χ1v) is 8.85. The number of aromatic nitrogens is 1. The number of benzene rings is 2. The van der Waals surface area contributed by atoms with E-state index in [9.17, 15) is 15.4 Å². The summed E-state index contributed by atoms with van der Waals surface area (Å²) in [6.45, 7) is 2.06. The molecule has 0 atom stereocenters. The maximum Gasteiger partial charge on any atom is 0.270 e. The minimum Gasteiger partial charge on any atom is -0.258 e. The maximum atomic E-state index is 10.9. The van der Waals surface area contributed by atoms with E-state index >= 15 is 0 Å². The Balaban J connectivity index is 2.04. The number of non-ortho nitro benzene ring substituents is 1. The highest BCUT2D eigenvalue weighted by molar-refractivity contribution is 7.13. The van der Waals surface area contributed by atoms with Crippen LogP contribution in [0.15, 0.2) is 54.6 Å². The number of allylic oxidation sites excluding steroid dienone is 1. The smallest absolute Gasteiger partial charge is 0.258 e. The molecule has 128 valence electrons. The molecule has 0 aliphatic heterocycles. The number of aryl methyl sites for hydroxylation is 1. The highest BCUT2D eigenvalue weighted by atomic mass is 32.1. The Kier molecular flexibility index (Phi) is 5.20. The zero-order chi connectivity index (χ0) is 18.5. The highest BCUT2D eigenvalue weighted by Crippen LogP contribution is 2.32. The molecule has 0 saturated heterocycles. The van der Waals surface area contributed by atoms with Gasteiger partial charge in [0.25, 0.3) is 5.69 Å². The molecule has 0 spiro atoms. The van der Waals surface area contributed by atoms with Crippen LogP contribution in [-0.4, -0.2) is 9.91 Å². The summed E-state index contributed by atoms with van der Waals surface area (Å²) in [7, 11) is 0. The molecule has 0 amide bonds. The minimum absolute atomic E-state index is 0.00518. The van der Waals surface area contributed by atoms with Gasteiger partial charge < -0.3 is 0 Å². The normalized spacial score (nSPS) is 11.2. The lowest BCUT2D eigenvalue weighted by Gasteiger charge is -1.98. The number of nitro benzene ring substituents is 1. The van der Waals surface area contributed by atoms with E-state index in [2.05, 4.69) is 18.0 Å². The van der Waals surface area contributed by atoms with Crippen LogP contribution in [0.1, 0.15) is 22.4 Å². The van der Waals surface area contributed by atoms with E-state index in [4.69, 9.17) is 0 Å². The molecule has 0 N–H and O–H groups in total. The van der Waals surface area contributed by atoms with Crippen molar-refractivity contribution in [3.05, 3.63) is 80.2 Å². The number of rotatable bonds is 5. The fourth-order valence-corrected chi connectivity index (χ4v) is 3.55. The molecule has 0 unspecified atom stereocenters. The Morgan fingerprint density at radius 1 is 1.27 bits per heavy atom. The van der Waals surface area contributed by atoms with Gasteiger partial charge in [-0.15, -0.1) is 11.3 Å². The summed E-state index contributed by atoms with van der Waals surface area (Å²) in [5.41, 5.74) is 2.89. The van der Waals surface area contributed by atoms with E-state index < -0.39 is 4.92 Å². The summed E-state index contributed by atoms with van der Waals surface area (Å²) in [5.74, 6) is 0. The van der Waals surface area contributed by atoms with Crippen molar-refractivity contribution in [2.45, 2.75) is 13.3 Å². The molecule has 0 aliphatic rings. The van der Waals surface area contributed by atoms with Crippen molar-refractivity contribution in [1.82, 2.24) is 4.98 Å². The molecule has 6 heteroatoms. The molecular formula is C20H15N3O2S. The van der Waals surface area contributed by atoms with Gasteiger partial charge in [0.15, 0.2) is 0 Å². The molecule has 1 aromatic heterocycles. The summed E-state index contributed by atoms with van der Waals surface area (Å²) >= 11 is 1.48. The van der Waals surface area contributed by atoms with Crippen LogP contribution in [-0.2, 0) is 6.42 Å². The molecule has 2 aromatic carbocycles. The summed E-state index contributed by atoms with van der Waals surface area (Å²) in [6.07, 6.45) is 2.46. The maximum absolute atomic E-state index is 10.9. The van der Waals surface area contributed by atoms with Gasteiger partial charge >= 0.3 is 0 Å². The first-order chi connectivity index (χ1) is 12.6. The largest absolute Gasteiger partial charge is 0.270 e. The summed E-state index contributed by atoms with van der Waals surface area (Å²) < 4.78 is 0. The lowest BCUT2D eigenvalue weighted by atomic mass is 10.1. The lowest BCUT2D eigenvalue weighted by molar-refractivity contribution is -0.384. The van der Waals surface area contributed by atoms with E-state index in [1.54, 1.807) is 18.2 Å². The molecule has 26 heavy (non-hydrogen) atoms. The molecule has 0 radical (unpaired) electrons. The molecule has 0 bridgehead atoms. The topological polar surface area (TPSA) is 79.8 Å². The van der Waals surface area contributed by atoms with E-state index in [0.29, 0.717) is 16.1 Å². The van der Waals surface area contributed by atoms with Crippen molar-refractivity contribution in [1.29, 1.82) is 5.26 Å². The van der Waals surface area contributed by atoms with Gasteiger partial charge in [-0.05, 0) is 18.1 Å². The van der Waals surface area contributed by atoms with Crippen LogP contribution in [0.2, 0.25) is 0 Å². The van der Waals surface area contributed by atoms with Gasteiger partial charge in [-0.1, -0.05) is 49.4 Å². The Labute approximate surface area is 155 Å². The average molecular weight is 361 g/mol. The SMILES string of the molecule is CCc1sc(/C(C#N)=C/c2cccc([N+](=O)[O-])c2)nc1-c1ccccc1. The molecule has 0 fully saturated rings. The zero-order valence-corrected chi connectivity index (χ0v) is 14.9. The number of hydrogen-bond donors (Lipinski definition) is 0. The van der Waals surface area contributed by atoms with Crippen molar-refractivity contribution < 1.29 is 4.92 Å². The number of nitriles is 1. The van der Waals surface area contributed by atoms with E-state index in [-0.39, 0.29) is 5.69 Å². The minimum atomic E-state index is -0.449. The monoisotopic (exact) mass is 361 g/mol. The van der Waals surface area contributed by atoms with Gasteiger partial charge in [0, 0.05) is 22.6 Å². The molecule has 1 heterocycles. The summed E-state index contributed by atoms with van der Waals surface area (Å²) in [4.78, 5) is 16.3. The Bertz CT molecular complexity index is 1020. The molecule has 0 aliphatic carbocycles. The van der Waals surface area contributed by atoms with Crippen LogP contribution >= 0.6 is 11.3 Å². The second-order valence-electron chi connectivity index (χ2n) is 5.53. The second kappa shape index (κ2) is 7.72. The fourth-order valence-electron chi connectivity index (χ4n) is 2.56. The third-order valence-electron chi connectivity index (χ3n) is 3.81. The Hall–Kier alpha value is -3.30. The third-order valence-corrected chi connectivity index (χ3v) is 5.04. The van der Waals surface area contributed by atoms with Gasteiger partial charge in [0.2, 0.25) is 0 Å². The lowest BCUT2D eigenvalue weighted by Crippen LogP contribution is -1.88. The van der Waals surface area contributed by atoms with Gasteiger partial charge in [-0.2, -0.15) is 5.26 Å². The molecule has 3 rings (SSSR count). The van der Waals surface area contributed by atoms with Gasteiger partial charge in [0.1, 0.15) is 11.1 Å². The van der Waals surface area contributed by atoms with Crippen molar-refractivity contribution in [2.24, 2.45) is 0 Å². The van der Waals surface area contributed by atoms with Crippen molar-refractivity contribution >= 4 is 28.7 Å². The summed E-state index contributed by atoms with van der Waals surface area (Å²) in [5, 5.41) is 21.1. The fraction of sp³-hybridized carbons (Fsp3) is 0.100. The number of hydrogen-bond acceptors (Lipinski definition) is 5. The molecule has 3 aromatic rings. The third kappa shape index (κ3) is 3.68. The van der Waals surface area contributed by atoms with Gasteiger partial charge in [-0.25, -0.2) is 4.98 Å². The first-order valence-electron chi connectivity index (χ1n) is 8.04. The van der Waals surface area contributed by atoms with Crippen LogP contribution < -0.4 is 0 Å². The number of nitrogens with zero attached hydrogens (tertiary/aromatic N) is 3.